The maximum Gasteiger partial charge on any atom is 0.273 e. The fraction of sp³-hybridized carbons (Fsp3) is 0.350. The molecular weight excluding hydrogens is 312 g/mol. The predicted molar refractivity (Wildman–Crippen MR) is 97.6 cm³/mol. The number of benzene rings is 1. The Morgan fingerprint density at radius 3 is 2.88 bits per heavy atom. The Bertz CT molecular complexity index is 925. The summed E-state index contributed by atoms with van der Waals surface area (Å²) < 4.78 is 2.09. The zero-order valence-electron chi connectivity index (χ0n) is 14.6. The third kappa shape index (κ3) is 2.90. The molecule has 0 bridgehead atoms. The highest BCUT2D eigenvalue weighted by Crippen LogP contribution is 2.28. The number of imidazole rings is 1. The summed E-state index contributed by atoms with van der Waals surface area (Å²) in [5, 5.41) is 1.97. The first-order valence-electron chi connectivity index (χ1n) is 8.76. The maximum absolute atomic E-state index is 13.1. The number of aromatic nitrogens is 3. The predicted octanol–water partition coefficient (Wildman–Crippen LogP) is 3.30. The van der Waals surface area contributed by atoms with Crippen LogP contribution in [-0.2, 0) is 7.05 Å². The van der Waals surface area contributed by atoms with Gasteiger partial charge in [0.15, 0.2) is 0 Å². The number of aryl methyl sites for hydroxylation is 2. The van der Waals surface area contributed by atoms with Crippen LogP contribution in [0.3, 0.4) is 0 Å². The van der Waals surface area contributed by atoms with Gasteiger partial charge in [0, 0.05) is 43.8 Å². The second-order valence-corrected chi connectivity index (χ2v) is 6.82. The lowest BCUT2D eigenvalue weighted by molar-refractivity contribution is 0.0700. The molecule has 128 valence electrons. The number of carbonyl (C=O) groups excluding carboxylic acids is 1. The standard InChI is InChI=1S/C20H22N4O/c1-14-12-23(2)19(22-14)16-7-5-11-24(13-16)20(25)18-17-8-4-3-6-15(17)9-10-21-18/h3-4,6,8-10,12,16H,5,7,11,13H2,1-2H3. The van der Waals surface area contributed by atoms with Crippen molar-refractivity contribution in [3.63, 3.8) is 0 Å². The molecule has 25 heavy (non-hydrogen) atoms. The first kappa shape index (κ1) is 15.8. The summed E-state index contributed by atoms with van der Waals surface area (Å²) in [6, 6.07) is 9.87. The van der Waals surface area contributed by atoms with E-state index in [0.29, 0.717) is 12.2 Å². The van der Waals surface area contributed by atoms with Gasteiger partial charge in [0.1, 0.15) is 11.5 Å². The Morgan fingerprint density at radius 1 is 1.24 bits per heavy atom. The van der Waals surface area contributed by atoms with Crippen LogP contribution in [0.15, 0.2) is 42.7 Å². The molecule has 3 heterocycles. The van der Waals surface area contributed by atoms with Gasteiger partial charge in [-0.1, -0.05) is 24.3 Å². The number of carbonyl (C=O) groups is 1. The van der Waals surface area contributed by atoms with Crippen LogP contribution in [0, 0.1) is 6.92 Å². The Kier molecular flexibility index (Phi) is 3.99. The summed E-state index contributed by atoms with van der Waals surface area (Å²) in [4.78, 5) is 24.1. The van der Waals surface area contributed by atoms with Crippen LogP contribution in [0.4, 0.5) is 0 Å². The molecule has 2 aromatic heterocycles. The second kappa shape index (κ2) is 6.31. The topological polar surface area (TPSA) is 51.0 Å². The van der Waals surface area contributed by atoms with Gasteiger partial charge >= 0.3 is 0 Å². The van der Waals surface area contributed by atoms with Crippen LogP contribution in [0.5, 0.6) is 0 Å². The van der Waals surface area contributed by atoms with Crippen LogP contribution >= 0.6 is 0 Å². The van der Waals surface area contributed by atoms with Gasteiger partial charge in [-0.2, -0.15) is 0 Å². The molecule has 5 nitrogen and oxygen atoms in total. The van der Waals surface area contributed by atoms with E-state index >= 15 is 0 Å². The van der Waals surface area contributed by atoms with Gasteiger partial charge < -0.3 is 9.47 Å². The highest BCUT2D eigenvalue weighted by atomic mass is 16.2. The van der Waals surface area contributed by atoms with Crippen molar-refractivity contribution < 1.29 is 4.79 Å². The van der Waals surface area contributed by atoms with E-state index in [1.54, 1.807) is 6.20 Å². The van der Waals surface area contributed by atoms with E-state index in [4.69, 9.17) is 0 Å². The normalized spacial score (nSPS) is 17.8. The molecule has 0 N–H and O–H groups in total. The molecular formula is C20H22N4O. The second-order valence-electron chi connectivity index (χ2n) is 6.82. The van der Waals surface area contributed by atoms with E-state index in [-0.39, 0.29) is 11.8 Å². The Morgan fingerprint density at radius 2 is 2.08 bits per heavy atom. The molecule has 1 aliphatic heterocycles. The first-order chi connectivity index (χ1) is 12.1. The van der Waals surface area contributed by atoms with Crippen molar-refractivity contribution in [3.05, 3.63) is 59.9 Å². The molecule has 3 aromatic rings. The largest absolute Gasteiger partial charge is 0.337 e. The summed E-state index contributed by atoms with van der Waals surface area (Å²) in [7, 11) is 2.03. The van der Waals surface area contributed by atoms with E-state index in [9.17, 15) is 4.79 Å². The summed E-state index contributed by atoms with van der Waals surface area (Å²) in [5.74, 6) is 1.37. The third-order valence-electron chi connectivity index (χ3n) is 4.98. The van der Waals surface area contributed by atoms with Gasteiger partial charge in [-0.15, -0.1) is 0 Å². The lowest BCUT2D eigenvalue weighted by atomic mass is 9.96. The maximum atomic E-state index is 13.1. The molecule has 1 amide bonds. The first-order valence-corrected chi connectivity index (χ1v) is 8.76. The summed E-state index contributed by atoms with van der Waals surface area (Å²) in [5.41, 5.74) is 1.58. The fourth-order valence-electron chi connectivity index (χ4n) is 3.83. The number of hydrogen-bond donors (Lipinski definition) is 0. The monoisotopic (exact) mass is 334 g/mol. The van der Waals surface area contributed by atoms with E-state index in [2.05, 4.69) is 14.5 Å². The number of fused-ring (bicyclic) bond motifs is 1. The molecule has 1 aromatic carbocycles. The smallest absolute Gasteiger partial charge is 0.273 e. The number of piperidine rings is 1. The van der Waals surface area contributed by atoms with Crippen molar-refractivity contribution in [1.82, 2.24) is 19.4 Å². The van der Waals surface area contributed by atoms with Gasteiger partial charge in [-0.25, -0.2) is 4.98 Å². The van der Waals surface area contributed by atoms with E-state index in [0.717, 1.165) is 41.7 Å². The molecule has 1 saturated heterocycles. The quantitative estimate of drug-likeness (QED) is 0.722. The van der Waals surface area contributed by atoms with Gasteiger partial charge in [-0.3, -0.25) is 9.78 Å². The van der Waals surface area contributed by atoms with Gasteiger partial charge in [0.25, 0.3) is 5.91 Å². The zero-order chi connectivity index (χ0) is 17.4. The van der Waals surface area contributed by atoms with E-state index in [1.807, 2.05) is 55.4 Å². The number of pyridine rings is 1. The van der Waals surface area contributed by atoms with Crippen LogP contribution in [-0.4, -0.2) is 38.4 Å². The van der Waals surface area contributed by atoms with Crippen molar-refractivity contribution >= 4 is 16.7 Å². The van der Waals surface area contributed by atoms with E-state index < -0.39 is 0 Å². The lowest BCUT2D eigenvalue weighted by Gasteiger charge is -2.32. The molecule has 0 spiro atoms. The molecule has 1 unspecified atom stereocenters. The highest BCUT2D eigenvalue weighted by Gasteiger charge is 2.29. The van der Waals surface area contributed by atoms with Crippen molar-refractivity contribution in [2.75, 3.05) is 13.1 Å². The van der Waals surface area contributed by atoms with Crippen molar-refractivity contribution in [3.8, 4) is 0 Å². The zero-order valence-corrected chi connectivity index (χ0v) is 14.6. The van der Waals surface area contributed by atoms with Gasteiger partial charge in [-0.05, 0) is 31.2 Å². The van der Waals surface area contributed by atoms with Crippen molar-refractivity contribution in [2.45, 2.75) is 25.7 Å². The van der Waals surface area contributed by atoms with Crippen molar-refractivity contribution in [2.24, 2.45) is 7.05 Å². The molecule has 1 aliphatic rings. The number of amides is 1. The SMILES string of the molecule is Cc1cn(C)c(C2CCCN(C(=O)c3nccc4ccccc34)C2)n1. The van der Waals surface area contributed by atoms with Crippen LogP contribution < -0.4 is 0 Å². The average Bonchev–Trinajstić information content (AvgIpc) is 2.99. The molecule has 1 fully saturated rings. The molecule has 0 aliphatic carbocycles. The number of likely N-dealkylation sites (tertiary alicyclic amines) is 1. The molecule has 0 saturated carbocycles. The minimum atomic E-state index is 0.0208. The fourth-order valence-corrected chi connectivity index (χ4v) is 3.83. The minimum Gasteiger partial charge on any atom is -0.337 e. The summed E-state index contributed by atoms with van der Waals surface area (Å²) in [6.07, 6.45) is 5.82. The minimum absolute atomic E-state index is 0.0208. The number of hydrogen-bond acceptors (Lipinski definition) is 3. The van der Waals surface area contributed by atoms with Crippen LogP contribution in [0.2, 0.25) is 0 Å². The Balaban J connectivity index is 1.62. The van der Waals surface area contributed by atoms with Crippen molar-refractivity contribution in [1.29, 1.82) is 0 Å². The van der Waals surface area contributed by atoms with Gasteiger partial charge in [0.05, 0.1) is 5.69 Å². The average molecular weight is 334 g/mol. The van der Waals surface area contributed by atoms with Crippen LogP contribution in [0.25, 0.3) is 10.8 Å². The highest BCUT2D eigenvalue weighted by molar-refractivity contribution is 6.05. The number of nitrogens with zero attached hydrogens (tertiary/aromatic N) is 4. The molecule has 0 radical (unpaired) electrons. The molecule has 5 heteroatoms. The van der Waals surface area contributed by atoms with Gasteiger partial charge in [0.2, 0.25) is 0 Å². The Hall–Kier alpha value is -2.69. The van der Waals surface area contributed by atoms with E-state index in [1.165, 1.54) is 0 Å². The Labute approximate surface area is 147 Å². The third-order valence-corrected chi connectivity index (χ3v) is 4.98. The lowest BCUT2D eigenvalue weighted by Crippen LogP contribution is -2.40. The molecule has 4 rings (SSSR count). The summed E-state index contributed by atoms with van der Waals surface area (Å²) >= 11 is 0. The molecule has 1 atom stereocenters. The van der Waals surface area contributed by atoms with Crippen LogP contribution in [0.1, 0.15) is 40.8 Å². The number of rotatable bonds is 2. The summed E-state index contributed by atoms with van der Waals surface area (Å²) in [6.45, 7) is 3.49.